The zero-order valence-corrected chi connectivity index (χ0v) is 11.4. The first-order valence-corrected chi connectivity index (χ1v) is 6.61. The van der Waals surface area contributed by atoms with Crippen LogP contribution >= 0.6 is 0 Å². The van der Waals surface area contributed by atoms with Crippen LogP contribution in [0, 0.1) is 5.92 Å². The van der Waals surface area contributed by atoms with Crippen molar-refractivity contribution in [3.8, 4) is 0 Å². The van der Waals surface area contributed by atoms with E-state index in [0.29, 0.717) is 0 Å². The van der Waals surface area contributed by atoms with Gasteiger partial charge in [0.1, 0.15) is 0 Å². The second-order valence-electron chi connectivity index (χ2n) is 5.05. The second kappa shape index (κ2) is 7.94. The summed E-state index contributed by atoms with van der Waals surface area (Å²) in [5.74, 6) is 0.793. The van der Waals surface area contributed by atoms with Crippen LogP contribution in [0.4, 0.5) is 5.69 Å². The van der Waals surface area contributed by atoms with Gasteiger partial charge >= 0.3 is 0 Å². The predicted molar refractivity (Wildman–Crippen MR) is 77.4 cm³/mol. The summed E-state index contributed by atoms with van der Waals surface area (Å²) >= 11 is 0. The average Bonchev–Trinajstić information content (AvgIpc) is 2.30. The molecule has 0 saturated heterocycles. The van der Waals surface area contributed by atoms with Crippen LogP contribution < -0.4 is 5.32 Å². The maximum atomic E-state index is 3.46. The molecule has 0 aliphatic heterocycles. The van der Waals surface area contributed by atoms with Crippen molar-refractivity contribution in [2.45, 2.75) is 40.0 Å². The van der Waals surface area contributed by atoms with Crippen molar-refractivity contribution in [2.24, 2.45) is 5.92 Å². The summed E-state index contributed by atoms with van der Waals surface area (Å²) in [6.45, 7) is 7.74. The third-order valence-corrected chi connectivity index (χ3v) is 2.95. The Kier molecular flexibility index (Phi) is 6.46. The highest BCUT2D eigenvalue weighted by Crippen LogP contribution is 2.12. The van der Waals surface area contributed by atoms with Gasteiger partial charge < -0.3 is 5.32 Å². The van der Waals surface area contributed by atoms with E-state index in [1.54, 1.807) is 0 Å². The fraction of sp³-hybridized carbons (Fsp3) is 0.500. The van der Waals surface area contributed by atoms with E-state index in [4.69, 9.17) is 0 Å². The molecule has 0 saturated carbocycles. The van der Waals surface area contributed by atoms with Crippen molar-refractivity contribution in [3.05, 3.63) is 42.0 Å². The summed E-state index contributed by atoms with van der Waals surface area (Å²) in [4.78, 5) is 0. The number of benzene rings is 1. The summed E-state index contributed by atoms with van der Waals surface area (Å²) in [7, 11) is 0. The van der Waals surface area contributed by atoms with Crippen molar-refractivity contribution < 1.29 is 0 Å². The topological polar surface area (TPSA) is 12.0 Å². The van der Waals surface area contributed by atoms with E-state index in [2.05, 4.69) is 56.4 Å². The molecule has 94 valence electrons. The highest BCUT2D eigenvalue weighted by molar-refractivity contribution is 5.42. The summed E-state index contributed by atoms with van der Waals surface area (Å²) in [6.07, 6.45) is 6.09. The number of hydrogen-bond acceptors (Lipinski definition) is 1. The van der Waals surface area contributed by atoms with Gasteiger partial charge in [0.05, 0.1) is 0 Å². The quantitative estimate of drug-likeness (QED) is 0.660. The van der Waals surface area contributed by atoms with Gasteiger partial charge in [0, 0.05) is 12.2 Å². The molecule has 1 heteroatoms. The van der Waals surface area contributed by atoms with Gasteiger partial charge in [0.15, 0.2) is 0 Å². The van der Waals surface area contributed by atoms with Crippen LogP contribution in [0.2, 0.25) is 0 Å². The van der Waals surface area contributed by atoms with Crippen LogP contribution in [0.25, 0.3) is 0 Å². The molecule has 0 fully saturated rings. The SMILES string of the molecule is CC(C)=CCC[C@@H](C)CCNc1ccccc1. The minimum absolute atomic E-state index is 0.793. The predicted octanol–water partition coefficient (Wildman–Crippen LogP) is 4.87. The molecule has 0 aliphatic carbocycles. The smallest absolute Gasteiger partial charge is 0.0340 e. The molecule has 0 heterocycles. The Bertz CT molecular complexity index is 323. The highest BCUT2D eigenvalue weighted by atomic mass is 14.9. The maximum Gasteiger partial charge on any atom is 0.0340 e. The van der Waals surface area contributed by atoms with Crippen molar-refractivity contribution in [2.75, 3.05) is 11.9 Å². The molecule has 17 heavy (non-hydrogen) atoms. The van der Waals surface area contributed by atoms with Crippen molar-refractivity contribution >= 4 is 5.69 Å². The number of anilines is 1. The third kappa shape index (κ3) is 6.83. The summed E-state index contributed by atoms with van der Waals surface area (Å²) in [5, 5.41) is 3.46. The van der Waals surface area contributed by atoms with E-state index in [1.165, 1.54) is 30.5 Å². The van der Waals surface area contributed by atoms with Crippen molar-refractivity contribution in [3.63, 3.8) is 0 Å². The first kappa shape index (κ1) is 13.8. The number of rotatable bonds is 7. The zero-order valence-electron chi connectivity index (χ0n) is 11.4. The Labute approximate surface area is 106 Å². The van der Waals surface area contributed by atoms with Crippen LogP contribution in [-0.4, -0.2) is 6.54 Å². The van der Waals surface area contributed by atoms with Gasteiger partial charge in [0.2, 0.25) is 0 Å². The molecule has 1 N–H and O–H groups in total. The minimum atomic E-state index is 0.793. The first-order valence-electron chi connectivity index (χ1n) is 6.61. The van der Waals surface area contributed by atoms with Gasteiger partial charge in [-0.05, 0) is 51.2 Å². The lowest BCUT2D eigenvalue weighted by Crippen LogP contribution is -2.06. The lowest BCUT2D eigenvalue weighted by molar-refractivity contribution is 0.510. The van der Waals surface area contributed by atoms with E-state index in [-0.39, 0.29) is 0 Å². The molecular weight excluding hydrogens is 206 g/mol. The molecule has 0 amide bonds. The van der Waals surface area contributed by atoms with E-state index in [0.717, 1.165) is 12.5 Å². The van der Waals surface area contributed by atoms with Crippen LogP contribution in [0.15, 0.2) is 42.0 Å². The monoisotopic (exact) mass is 231 g/mol. The Hall–Kier alpha value is -1.24. The minimum Gasteiger partial charge on any atom is -0.385 e. The van der Waals surface area contributed by atoms with Gasteiger partial charge in [-0.3, -0.25) is 0 Å². The summed E-state index contributed by atoms with van der Waals surface area (Å²) in [6, 6.07) is 10.4. The standard InChI is InChI=1S/C16H25N/c1-14(2)8-7-9-15(3)12-13-17-16-10-5-4-6-11-16/h4-6,8,10-11,15,17H,7,9,12-13H2,1-3H3/t15-/m1/s1. The molecule has 0 bridgehead atoms. The summed E-state index contributed by atoms with van der Waals surface area (Å²) < 4.78 is 0. The van der Waals surface area contributed by atoms with Crippen molar-refractivity contribution in [1.82, 2.24) is 0 Å². The molecule has 0 aromatic heterocycles. The number of allylic oxidation sites excluding steroid dienone is 2. The normalized spacial score (nSPS) is 11.9. The Morgan fingerprint density at radius 1 is 1.18 bits per heavy atom. The first-order chi connectivity index (χ1) is 8.18. The molecule has 1 aromatic rings. The molecule has 1 nitrogen and oxygen atoms in total. The molecule has 1 rings (SSSR count). The lowest BCUT2D eigenvalue weighted by Gasteiger charge is -2.11. The molecule has 1 atom stereocenters. The van der Waals surface area contributed by atoms with E-state index >= 15 is 0 Å². The largest absolute Gasteiger partial charge is 0.385 e. The molecule has 0 unspecified atom stereocenters. The van der Waals surface area contributed by atoms with E-state index < -0.39 is 0 Å². The average molecular weight is 231 g/mol. The zero-order chi connectivity index (χ0) is 12.5. The fourth-order valence-electron chi connectivity index (χ4n) is 1.82. The van der Waals surface area contributed by atoms with Gasteiger partial charge in [-0.1, -0.05) is 36.8 Å². The van der Waals surface area contributed by atoms with Crippen molar-refractivity contribution in [1.29, 1.82) is 0 Å². The molecular formula is C16H25N. The fourth-order valence-corrected chi connectivity index (χ4v) is 1.82. The van der Waals surface area contributed by atoms with Crippen LogP contribution in [0.3, 0.4) is 0 Å². The molecule has 0 spiro atoms. The van der Waals surface area contributed by atoms with Gasteiger partial charge in [0.25, 0.3) is 0 Å². The number of nitrogens with one attached hydrogen (secondary N) is 1. The van der Waals surface area contributed by atoms with E-state index in [9.17, 15) is 0 Å². The maximum absolute atomic E-state index is 3.46. The van der Waals surface area contributed by atoms with Crippen LogP contribution in [0.1, 0.15) is 40.0 Å². The van der Waals surface area contributed by atoms with Gasteiger partial charge in [-0.25, -0.2) is 0 Å². The Morgan fingerprint density at radius 2 is 1.88 bits per heavy atom. The van der Waals surface area contributed by atoms with E-state index in [1.807, 2.05) is 6.07 Å². The lowest BCUT2D eigenvalue weighted by atomic mass is 10.0. The molecule has 1 aromatic carbocycles. The van der Waals surface area contributed by atoms with Gasteiger partial charge in [-0.15, -0.1) is 0 Å². The van der Waals surface area contributed by atoms with Gasteiger partial charge in [-0.2, -0.15) is 0 Å². The highest BCUT2D eigenvalue weighted by Gasteiger charge is 2.00. The second-order valence-corrected chi connectivity index (χ2v) is 5.05. The Morgan fingerprint density at radius 3 is 2.53 bits per heavy atom. The third-order valence-electron chi connectivity index (χ3n) is 2.95. The molecule has 0 radical (unpaired) electrons. The van der Waals surface area contributed by atoms with Crippen LogP contribution in [-0.2, 0) is 0 Å². The number of hydrogen-bond donors (Lipinski definition) is 1. The van der Waals surface area contributed by atoms with Crippen LogP contribution in [0.5, 0.6) is 0 Å². The summed E-state index contributed by atoms with van der Waals surface area (Å²) in [5.41, 5.74) is 2.66. The Balaban J connectivity index is 2.12. The number of para-hydroxylation sites is 1. The molecule has 0 aliphatic rings.